The fraction of sp³-hybridized carbons (Fsp3) is 0.241. The van der Waals surface area contributed by atoms with E-state index in [9.17, 15) is 19.8 Å². The van der Waals surface area contributed by atoms with Crippen molar-refractivity contribution in [1.29, 1.82) is 0 Å². The second-order valence-corrected chi connectivity index (χ2v) is 10.2. The topological polar surface area (TPSA) is 183 Å². The van der Waals surface area contributed by atoms with Gasteiger partial charge in [0.2, 0.25) is 11.9 Å². The number of carbonyl (C=O) groups excluding carboxylic acids is 1. The first kappa shape index (κ1) is 30.5. The Labute approximate surface area is 255 Å². The molecule has 0 spiro atoms. The molecule has 228 valence electrons. The molecule has 1 aliphatic carbocycles. The summed E-state index contributed by atoms with van der Waals surface area (Å²) in [5, 5.41) is 26.4. The van der Waals surface area contributed by atoms with Crippen LogP contribution in [0.1, 0.15) is 29.9 Å². The summed E-state index contributed by atoms with van der Waals surface area (Å²) >= 11 is 0. The van der Waals surface area contributed by atoms with Crippen molar-refractivity contribution in [2.75, 3.05) is 17.7 Å². The monoisotopic (exact) mass is 622 g/mol. The number of aromatic nitrogens is 6. The molecule has 0 radical (unpaired) electrons. The van der Waals surface area contributed by atoms with Gasteiger partial charge in [0.25, 0.3) is 5.56 Å². The first-order chi connectivity index (χ1) is 20.7. The molecule has 0 saturated heterocycles. The Bertz CT molecular complexity index is 1930. The van der Waals surface area contributed by atoms with Crippen LogP contribution in [0.25, 0.3) is 27.8 Å². The molecule has 0 amide bonds. The number of fused-ring (bicyclic) bond motifs is 1. The summed E-state index contributed by atoms with van der Waals surface area (Å²) in [6.07, 6.45) is 5.00. The molecular weight excluding hydrogens is 595 g/mol. The molecule has 0 bridgehead atoms. The van der Waals surface area contributed by atoms with Crippen molar-refractivity contribution in [3.05, 3.63) is 82.3 Å². The van der Waals surface area contributed by atoms with Crippen molar-refractivity contribution in [3.8, 4) is 17.1 Å². The van der Waals surface area contributed by atoms with Crippen LogP contribution in [0.15, 0.2) is 59.8 Å². The number of nitrogens with two attached hydrogens (primary N) is 1. The summed E-state index contributed by atoms with van der Waals surface area (Å²) in [4.78, 5) is 38.9. The van der Waals surface area contributed by atoms with E-state index in [0.717, 1.165) is 18.4 Å². The molecule has 6 rings (SSSR count). The van der Waals surface area contributed by atoms with Gasteiger partial charge in [0.1, 0.15) is 12.4 Å². The Morgan fingerprint density at radius 1 is 1.23 bits per heavy atom. The standard InChI is InChI=1S/C29H27FN8O5.ClH/c1-37-12-18(11-32-37)33-29-35-25(34-28(31)36-29)19-3-2-4-22(20(19)14-43-27(42)23(40)13-39)38-8-7-16-9-17(15-5-6-15)10-21(30)24(16)26(38)41;/h2-4,7-12,15,23,39-40H,5-6,13-14H2,1H3,(H3,31,33,34,35,36);1H/t23-;/m0./s1. The minimum atomic E-state index is -1.77. The lowest BCUT2D eigenvalue weighted by molar-refractivity contribution is -0.156. The SMILES string of the molecule is Cl.Cn1cc(Nc2nc(N)nc(-c3cccc(-n4ccc5cc(C6CC6)cc(F)c5c4=O)c3COC(=O)[C@@H](O)CO)n2)cn1. The van der Waals surface area contributed by atoms with Crippen LogP contribution >= 0.6 is 12.4 Å². The number of nitrogen functional groups attached to an aromatic ring is 1. The summed E-state index contributed by atoms with van der Waals surface area (Å²) in [6.45, 7) is -1.29. The number of carbonyl (C=O) groups is 1. The zero-order valence-electron chi connectivity index (χ0n) is 23.3. The second-order valence-electron chi connectivity index (χ2n) is 10.2. The smallest absolute Gasteiger partial charge is 0.337 e. The molecule has 1 fully saturated rings. The molecule has 3 aromatic heterocycles. The van der Waals surface area contributed by atoms with Crippen LogP contribution in [0.2, 0.25) is 0 Å². The number of aliphatic hydroxyl groups excluding tert-OH is 2. The highest BCUT2D eigenvalue weighted by Gasteiger charge is 2.26. The number of esters is 1. The van der Waals surface area contributed by atoms with Crippen molar-refractivity contribution < 1.29 is 24.1 Å². The Hall–Kier alpha value is -4.92. The van der Waals surface area contributed by atoms with Crippen LogP contribution in [-0.4, -0.2) is 58.2 Å². The molecular formula is C29H28ClFN8O5. The van der Waals surface area contributed by atoms with E-state index in [-0.39, 0.29) is 46.8 Å². The number of aliphatic hydroxyl groups is 2. The van der Waals surface area contributed by atoms with Crippen LogP contribution in [0.3, 0.4) is 0 Å². The normalized spacial score (nSPS) is 13.4. The molecule has 44 heavy (non-hydrogen) atoms. The molecule has 1 atom stereocenters. The number of anilines is 3. The van der Waals surface area contributed by atoms with Gasteiger partial charge in [0, 0.05) is 30.6 Å². The maximum atomic E-state index is 15.3. The van der Waals surface area contributed by atoms with E-state index < -0.39 is 36.7 Å². The van der Waals surface area contributed by atoms with Gasteiger partial charge in [-0.05, 0) is 47.9 Å². The zero-order valence-corrected chi connectivity index (χ0v) is 24.2. The lowest BCUT2D eigenvalue weighted by Crippen LogP contribution is -2.27. The largest absolute Gasteiger partial charge is 0.459 e. The van der Waals surface area contributed by atoms with Crippen molar-refractivity contribution in [1.82, 2.24) is 29.3 Å². The molecule has 2 aromatic carbocycles. The zero-order chi connectivity index (χ0) is 30.2. The first-order valence-corrected chi connectivity index (χ1v) is 13.4. The van der Waals surface area contributed by atoms with E-state index in [1.807, 2.05) is 6.07 Å². The van der Waals surface area contributed by atoms with Crippen LogP contribution < -0.4 is 16.6 Å². The van der Waals surface area contributed by atoms with Gasteiger partial charge in [-0.2, -0.15) is 20.1 Å². The fourth-order valence-corrected chi connectivity index (χ4v) is 4.85. The molecule has 13 nitrogen and oxygen atoms in total. The summed E-state index contributed by atoms with van der Waals surface area (Å²) in [5.41, 5.74) is 7.68. The number of nitrogens with zero attached hydrogens (tertiary/aromatic N) is 6. The van der Waals surface area contributed by atoms with E-state index >= 15 is 4.39 Å². The molecule has 1 aliphatic rings. The van der Waals surface area contributed by atoms with Gasteiger partial charge in [0.05, 0.1) is 29.6 Å². The second kappa shape index (κ2) is 12.4. The Morgan fingerprint density at radius 2 is 2.02 bits per heavy atom. The number of halogens is 2. The fourth-order valence-electron chi connectivity index (χ4n) is 4.85. The average molecular weight is 623 g/mol. The average Bonchev–Trinajstić information content (AvgIpc) is 3.76. The minimum Gasteiger partial charge on any atom is -0.459 e. The number of aryl methyl sites for hydroxylation is 1. The van der Waals surface area contributed by atoms with Crippen LogP contribution in [0, 0.1) is 5.82 Å². The highest BCUT2D eigenvalue weighted by molar-refractivity contribution is 5.85. The summed E-state index contributed by atoms with van der Waals surface area (Å²) in [6, 6.07) is 9.76. The number of benzene rings is 2. The number of hydrogen-bond donors (Lipinski definition) is 4. The van der Waals surface area contributed by atoms with Crippen molar-refractivity contribution in [2.24, 2.45) is 7.05 Å². The maximum absolute atomic E-state index is 15.3. The Balaban J connectivity index is 0.00000384. The third-order valence-corrected chi connectivity index (χ3v) is 7.10. The summed E-state index contributed by atoms with van der Waals surface area (Å²) in [5.74, 6) is -1.32. The van der Waals surface area contributed by atoms with E-state index in [1.54, 1.807) is 48.4 Å². The van der Waals surface area contributed by atoms with Crippen LogP contribution in [-0.2, 0) is 23.2 Å². The molecule has 5 aromatic rings. The number of hydrogen-bond acceptors (Lipinski definition) is 11. The van der Waals surface area contributed by atoms with E-state index in [0.29, 0.717) is 22.6 Å². The quantitative estimate of drug-likeness (QED) is 0.177. The maximum Gasteiger partial charge on any atom is 0.337 e. The van der Waals surface area contributed by atoms with Gasteiger partial charge in [-0.15, -0.1) is 12.4 Å². The van der Waals surface area contributed by atoms with Gasteiger partial charge in [-0.3, -0.25) is 14.0 Å². The van der Waals surface area contributed by atoms with E-state index in [4.69, 9.17) is 10.5 Å². The number of rotatable bonds is 9. The van der Waals surface area contributed by atoms with Gasteiger partial charge < -0.3 is 26.0 Å². The number of pyridine rings is 1. The number of ether oxygens (including phenoxy) is 1. The van der Waals surface area contributed by atoms with E-state index in [1.165, 1.54) is 16.8 Å². The predicted molar refractivity (Wildman–Crippen MR) is 161 cm³/mol. The third kappa shape index (κ3) is 6.08. The van der Waals surface area contributed by atoms with Crippen LogP contribution in [0.4, 0.5) is 22.0 Å². The third-order valence-electron chi connectivity index (χ3n) is 7.10. The minimum absolute atomic E-state index is 0. The van der Waals surface area contributed by atoms with Gasteiger partial charge in [0.15, 0.2) is 11.9 Å². The molecule has 0 unspecified atom stereocenters. The highest BCUT2D eigenvalue weighted by Crippen LogP contribution is 2.41. The van der Waals surface area contributed by atoms with E-state index in [2.05, 4.69) is 25.4 Å². The lowest BCUT2D eigenvalue weighted by atomic mass is 10.0. The number of nitrogens with one attached hydrogen (secondary N) is 1. The lowest BCUT2D eigenvalue weighted by Gasteiger charge is -2.18. The van der Waals surface area contributed by atoms with Gasteiger partial charge in [-0.1, -0.05) is 18.2 Å². The van der Waals surface area contributed by atoms with Gasteiger partial charge >= 0.3 is 5.97 Å². The van der Waals surface area contributed by atoms with Crippen molar-refractivity contribution in [2.45, 2.75) is 31.5 Å². The predicted octanol–water partition coefficient (Wildman–Crippen LogP) is 2.74. The van der Waals surface area contributed by atoms with Gasteiger partial charge in [-0.25, -0.2) is 9.18 Å². The molecule has 3 heterocycles. The molecule has 15 heteroatoms. The first-order valence-electron chi connectivity index (χ1n) is 13.4. The Kier molecular flexibility index (Phi) is 8.58. The highest BCUT2D eigenvalue weighted by atomic mass is 35.5. The molecule has 0 aliphatic heterocycles. The van der Waals surface area contributed by atoms with Crippen molar-refractivity contribution in [3.63, 3.8) is 0 Å². The van der Waals surface area contributed by atoms with Crippen molar-refractivity contribution >= 4 is 46.7 Å². The van der Waals surface area contributed by atoms with Crippen LogP contribution in [0.5, 0.6) is 0 Å². The Morgan fingerprint density at radius 3 is 2.73 bits per heavy atom. The summed E-state index contributed by atoms with van der Waals surface area (Å²) in [7, 11) is 1.75. The summed E-state index contributed by atoms with van der Waals surface area (Å²) < 4.78 is 23.4. The molecule has 1 saturated carbocycles. The molecule has 5 N–H and O–H groups in total.